The fourth-order valence-corrected chi connectivity index (χ4v) is 1.10. The predicted octanol–water partition coefficient (Wildman–Crippen LogP) is 1.41. The number of aryl methyl sites for hydroxylation is 1. The van der Waals surface area contributed by atoms with Gasteiger partial charge in [-0.1, -0.05) is 0 Å². The molecule has 0 aliphatic rings. The van der Waals surface area contributed by atoms with Crippen molar-refractivity contribution in [1.29, 1.82) is 0 Å². The van der Waals surface area contributed by atoms with Crippen molar-refractivity contribution in [2.24, 2.45) is 0 Å². The van der Waals surface area contributed by atoms with E-state index in [9.17, 15) is 0 Å². The quantitative estimate of drug-likeness (QED) is 0.767. The number of ether oxygens (including phenoxy) is 1. The summed E-state index contributed by atoms with van der Waals surface area (Å²) in [5.74, 6) is 0. The molecular formula is C9H17N3O. The van der Waals surface area contributed by atoms with Crippen LogP contribution in [0.25, 0.3) is 0 Å². The van der Waals surface area contributed by atoms with E-state index < -0.39 is 0 Å². The molecule has 0 aliphatic carbocycles. The van der Waals surface area contributed by atoms with Gasteiger partial charge in [0.2, 0.25) is 0 Å². The van der Waals surface area contributed by atoms with Gasteiger partial charge in [-0.05, 0) is 20.8 Å². The summed E-state index contributed by atoms with van der Waals surface area (Å²) in [7, 11) is 0. The first-order valence-electron chi connectivity index (χ1n) is 4.57. The number of nitrogens with zero attached hydrogens (tertiary/aromatic N) is 2. The third-order valence-corrected chi connectivity index (χ3v) is 1.83. The van der Waals surface area contributed by atoms with Crippen LogP contribution in [0.4, 0.5) is 5.69 Å². The summed E-state index contributed by atoms with van der Waals surface area (Å²) in [6, 6.07) is 0. The lowest BCUT2D eigenvalue weighted by Crippen LogP contribution is -2.09. The minimum Gasteiger partial charge on any atom is -0.396 e. The molecule has 0 aliphatic heterocycles. The summed E-state index contributed by atoms with van der Waals surface area (Å²) >= 11 is 0. The van der Waals surface area contributed by atoms with Gasteiger partial charge >= 0.3 is 0 Å². The number of hydrogen-bond donors (Lipinski definition) is 1. The summed E-state index contributed by atoms with van der Waals surface area (Å²) < 4.78 is 7.33. The first kappa shape index (κ1) is 10.1. The monoisotopic (exact) mass is 183 g/mol. The SMILES string of the molecule is CCn1ncc(N)c1COC(C)C. The highest BCUT2D eigenvalue weighted by Crippen LogP contribution is 2.12. The van der Waals surface area contributed by atoms with Gasteiger partial charge in [0.05, 0.1) is 30.3 Å². The number of nitrogens with two attached hydrogens (primary N) is 1. The Bertz CT molecular complexity index is 268. The Hall–Kier alpha value is -1.03. The van der Waals surface area contributed by atoms with Crippen LogP contribution in [0.3, 0.4) is 0 Å². The molecule has 1 aromatic heterocycles. The average molecular weight is 183 g/mol. The highest BCUT2D eigenvalue weighted by atomic mass is 16.5. The van der Waals surface area contributed by atoms with Crippen LogP contribution in [0, 0.1) is 0 Å². The zero-order chi connectivity index (χ0) is 9.84. The Morgan fingerprint density at radius 3 is 2.85 bits per heavy atom. The van der Waals surface area contributed by atoms with Gasteiger partial charge in [0.1, 0.15) is 0 Å². The van der Waals surface area contributed by atoms with Gasteiger partial charge in [-0.15, -0.1) is 0 Å². The smallest absolute Gasteiger partial charge is 0.0909 e. The first-order valence-corrected chi connectivity index (χ1v) is 4.57. The largest absolute Gasteiger partial charge is 0.396 e. The molecule has 4 nitrogen and oxygen atoms in total. The van der Waals surface area contributed by atoms with Crippen molar-refractivity contribution >= 4 is 5.69 Å². The van der Waals surface area contributed by atoms with E-state index in [2.05, 4.69) is 5.10 Å². The lowest BCUT2D eigenvalue weighted by Gasteiger charge is -2.09. The number of nitrogen functional groups attached to an aromatic ring is 1. The molecular weight excluding hydrogens is 166 g/mol. The standard InChI is InChI=1S/C9H17N3O/c1-4-12-9(6-13-7(2)3)8(10)5-11-12/h5,7H,4,6,10H2,1-3H3. The molecule has 0 bridgehead atoms. The van der Waals surface area contributed by atoms with Crippen LogP contribution in [0.15, 0.2) is 6.20 Å². The van der Waals surface area contributed by atoms with Crippen LogP contribution < -0.4 is 5.73 Å². The van der Waals surface area contributed by atoms with Gasteiger partial charge in [-0.2, -0.15) is 5.10 Å². The molecule has 4 heteroatoms. The zero-order valence-corrected chi connectivity index (χ0v) is 8.45. The van der Waals surface area contributed by atoms with Gasteiger partial charge in [0.15, 0.2) is 0 Å². The number of aromatic nitrogens is 2. The van der Waals surface area contributed by atoms with Crippen molar-refractivity contribution < 1.29 is 4.74 Å². The van der Waals surface area contributed by atoms with Crippen molar-refractivity contribution in [3.8, 4) is 0 Å². The predicted molar refractivity (Wildman–Crippen MR) is 52.2 cm³/mol. The molecule has 2 N–H and O–H groups in total. The van der Waals surface area contributed by atoms with Crippen LogP contribution in [0.1, 0.15) is 26.5 Å². The number of rotatable bonds is 4. The Kier molecular flexibility index (Phi) is 3.31. The van der Waals surface area contributed by atoms with Gasteiger partial charge in [-0.25, -0.2) is 0 Å². The molecule has 0 amide bonds. The Balaban J connectivity index is 2.68. The fraction of sp³-hybridized carbons (Fsp3) is 0.667. The molecule has 0 saturated carbocycles. The second-order valence-corrected chi connectivity index (χ2v) is 3.22. The van der Waals surface area contributed by atoms with Gasteiger partial charge in [0, 0.05) is 6.54 Å². The van der Waals surface area contributed by atoms with E-state index in [-0.39, 0.29) is 6.10 Å². The van der Waals surface area contributed by atoms with E-state index in [1.54, 1.807) is 6.20 Å². The van der Waals surface area contributed by atoms with Crippen LogP contribution in [-0.4, -0.2) is 15.9 Å². The van der Waals surface area contributed by atoms with E-state index in [1.165, 1.54) is 0 Å². The second kappa shape index (κ2) is 4.28. The summed E-state index contributed by atoms with van der Waals surface area (Å²) in [6.07, 6.45) is 1.89. The molecule has 1 rings (SSSR count). The van der Waals surface area contributed by atoms with E-state index in [1.807, 2.05) is 25.5 Å². The minimum absolute atomic E-state index is 0.222. The number of anilines is 1. The summed E-state index contributed by atoms with van der Waals surface area (Å²) in [4.78, 5) is 0. The molecule has 0 unspecified atom stereocenters. The van der Waals surface area contributed by atoms with Gasteiger partial charge < -0.3 is 10.5 Å². The number of hydrogen-bond acceptors (Lipinski definition) is 3. The second-order valence-electron chi connectivity index (χ2n) is 3.22. The Morgan fingerprint density at radius 2 is 2.31 bits per heavy atom. The average Bonchev–Trinajstić information content (AvgIpc) is 2.43. The molecule has 1 aromatic rings. The fourth-order valence-electron chi connectivity index (χ4n) is 1.10. The molecule has 0 spiro atoms. The maximum absolute atomic E-state index is 5.74. The molecule has 13 heavy (non-hydrogen) atoms. The van der Waals surface area contributed by atoms with E-state index >= 15 is 0 Å². The highest BCUT2D eigenvalue weighted by molar-refractivity contribution is 5.40. The lowest BCUT2D eigenvalue weighted by atomic mass is 10.4. The van der Waals surface area contributed by atoms with E-state index in [0.717, 1.165) is 12.2 Å². The van der Waals surface area contributed by atoms with Crippen molar-refractivity contribution in [1.82, 2.24) is 9.78 Å². The normalized spacial score (nSPS) is 11.1. The topological polar surface area (TPSA) is 53.1 Å². The maximum atomic E-state index is 5.74. The molecule has 1 heterocycles. The minimum atomic E-state index is 0.222. The highest BCUT2D eigenvalue weighted by Gasteiger charge is 2.07. The molecule has 0 atom stereocenters. The van der Waals surface area contributed by atoms with Gasteiger partial charge in [0.25, 0.3) is 0 Å². The van der Waals surface area contributed by atoms with Crippen molar-refractivity contribution in [2.75, 3.05) is 5.73 Å². The summed E-state index contributed by atoms with van der Waals surface area (Å²) in [5.41, 5.74) is 7.42. The zero-order valence-electron chi connectivity index (χ0n) is 8.45. The van der Waals surface area contributed by atoms with Crippen LogP contribution in [-0.2, 0) is 17.9 Å². The molecule has 0 radical (unpaired) electrons. The lowest BCUT2D eigenvalue weighted by molar-refractivity contribution is 0.0616. The first-order chi connectivity index (χ1) is 6.15. The maximum Gasteiger partial charge on any atom is 0.0909 e. The van der Waals surface area contributed by atoms with Crippen molar-refractivity contribution in [3.63, 3.8) is 0 Å². The third kappa shape index (κ3) is 2.45. The van der Waals surface area contributed by atoms with E-state index in [4.69, 9.17) is 10.5 Å². The summed E-state index contributed by atoms with van der Waals surface area (Å²) in [6.45, 7) is 7.41. The van der Waals surface area contributed by atoms with E-state index in [0.29, 0.717) is 12.3 Å². The van der Waals surface area contributed by atoms with Gasteiger partial charge in [-0.3, -0.25) is 4.68 Å². The Labute approximate surface area is 78.7 Å². The third-order valence-electron chi connectivity index (χ3n) is 1.83. The van der Waals surface area contributed by atoms with Crippen LogP contribution in [0.2, 0.25) is 0 Å². The van der Waals surface area contributed by atoms with Crippen LogP contribution in [0.5, 0.6) is 0 Å². The Morgan fingerprint density at radius 1 is 1.62 bits per heavy atom. The molecule has 0 aromatic carbocycles. The summed E-state index contributed by atoms with van der Waals surface area (Å²) in [5, 5.41) is 4.12. The molecule has 0 fully saturated rings. The molecule has 74 valence electrons. The van der Waals surface area contributed by atoms with Crippen molar-refractivity contribution in [3.05, 3.63) is 11.9 Å². The van der Waals surface area contributed by atoms with Crippen LogP contribution >= 0.6 is 0 Å². The van der Waals surface area contributed by atoms with Crippen molar-refractivity contribution in [2.45, 2.75) is 40.0 Å². The molecule has 0 saturated heterocycles.